The molecule has 1 unspecified atom stereocenters. The van der Waals surface area contributed by atoms with E-state index in [0.29, 0.717) is 0 Å². The molecule has 1 aromatic carbocycles. The number of nitrogens with zero attached hydrogens (tertiary/aromatic N) is 2. The number of nitrogens with one attached hydrogen (secondary N) is 1. The van der Waals surface area contributed by atoms with Crippen LogP contribution >= 0.6 is 0 Å². The smallest absolute Gasteiger partial charge is 0.0974 e. The van der Waals surface area contributed by atoms with Crippen LogP contribution < -0.4 is 11.1 Å². The number of aromatic nitrogens is 1. The SMILES string of the molecule is NCCCCCCCc1cccc(C(CC2=NCCN2)c2ccccn2)c1. The Labute approximate surface area is 163 Å². The van der Waals surface area contributed by atoms with Crippen LogP contribution in [0.5, 0.6) is 0 Å². The van der Waals surface area contributed by atoms with Crippen molar-refractivity contribution in [3.05, 3.63) is 65.5 Å². The largest absolute Gasteiger partial charge is 0.372 e. The van der Waals surface area contributed by atoms with Crippen molar-refractivity contribution in [3.8, 4) is 0 Å². The third-order valence-electron chi connectivity index (χ3n) is 5.21. The summed E-state index contributed by atoms with van der Waals surface area (Å²) in [7, 11) is 0. The number of pyridine rings is 1. The van der Waals surface area contributed by atoms with E-state index < -0.39 is 0 Å². The first-order chi connectivity index (χ1) is 13.4. The van der Waals surface area contributed by atoms with Gasteiger partial charge in [0.05, 0.1) is 12.4 Å². The number of aliphatic imine (C=N–C) groups is 1. The molecule has 1 aliphatic rings. The lowest BCUT2D eigenvalue weighted by atomic mass is 9.89. The standard InChI is InChI=1S/C23H32N4/c24-13-6-3-1-2-4-9-19-10-8-11-20(17-19)21(18-23-26-15-16-27-23)22-12-5-7-14-25-22/h5,7-8,10-12,14,17,21H,1-4,6,9,13,15-16,18,24H2,(H,26,27). The van der Waals surface area contributed by atoms with Crippen molar-refractivity contribution in [2.45, 2.75) is 50.9 Å². The topological polar surface area (TPSA) is 63.3 Å². The number of hydrogen-bond acceptors (Lipinski definition) is 4. The van der Waals surface area contributed by atoms with Crippen LogP contribution in [-0.2, 0) is 6.42 Å². The van der Waals surface area contributed by atoms with E-state index in [1.165, 1.54) is 36.8 Å². The highest BCUT2D eigenvalue weighted by Gasteiger charge is 2.19. The summed E-state index contributed by atoms with van der Waals surface area (Å²) in [6.45, 7) is 2.65. The normalized spacial score (nSPS) is 14.6. The number of amidine groups is 1. The molecule has 144 valence electrons. The van der Waals surface area contributed by atoms with Crippen LogP contribution in [0.2, 0.25) is 0 Å². The average Bonchev–Trinajstić information content (AvgIpc) is 3.23. The molecule has 0 spiro atoms. The molecule has 0 aliphatic carbocycles. The molecule has 1 atom stereocenters. The molecule has 0 amide bonds. The van der Waals surface area contributed by atoms with Gasteiger partial charge in [-0.15, -0.1) is 0 Å². The van der Waals surface area contributed by atoms with Gasteiger partial charge in [-0.05, 0) is 49.1 Å². The van der Waals surface area contributed by atoms with Crippen LogP contribution in [0.15, 0.2) is 53.7 Å². The molecule has 0 radical (unpaired) electrons. The third kappa shape index (κ3) is 6.17. The quantitative estimate of drug-likeness (QED) is 0.591. The minimum atomic E-state index is 0.250. The Balaban J connectivity index is 1.67. The number of rotatable bonds is 11. The van der Waals surface area contributed by atoms with Gasteiger partial charge in [0.15, 0.2) is 0 Å². The van der Waals surface area contributed by atoms with E-state index in [1.54, 1.807) is 0 Å². The van der Waals surface area contributed by atoms with Gasteiger partial charge in [0.2, 0.25) is 0 Å². The van der Waals surface area contributed by atoms with Crippen molar-refractivity contribution in [2.24, 2.45) is 10.7 Å². The number of unbranched alkanes of at least 4 members (excludes halogenated alkanes) is 4. The van der Waals surface area contributed by atoms with Crippen LogP contribution in [-0.4, -0.2) is 30.5 Å². The first-order valence-corrected chi connectivity index (χ1v) is 10.3. The van der Waals surface area contributed by atoms with Crippen molar-refractivity contribution >= 4 is 5.84 Å². The molecule has 0 saturated carbocycles. The first kappa shape index (κ1) is 19.6. The molecule has 3 rings (SSSR count). The van der Waals surface area contributed by atoms with E-state index in [-0.39, 0.29) is 5.92 Å². The number of hydrogen-bond donors (Lipinski definition) is 2. The number of aryl methyl sites for hydroxylation is 1. The van der Waals surface area contributed by atoms with Crippen molar-refractivity contribution in [2.75, 3.05) is 19.6 Å². The van der Waals surface area contributed by atoms with Gasteiger partial charge in [-0.3, -0.25) is 9.98 Å². The monoisotopic (exact) mass is 364 g/mol. The van der Waals surface area contributed by atoms with Gasteiger partial charge in [0, 0.05) is 30.8 Å². The van der Waals surface area contributed by atoms with Gasteiger partial charge < -0.3 is 11.1 Å². The predicted molar refractivity (Wildman–Crippen MR) is 113 cm³/mol. The van der Waals surface area contributed by atoms with E-state index in [1.807, 2.05) is 12.3 Å². The number of benzene rings is 1. The fraction of sp³-hybridized carbons (Fsp3) is 0.478. The average molecular weight is 365 g/mol. The lowest BCUT2D eigenvalue weighted by Gasteiger charge is -2.18. The van der Waals surface area contributed by atoms with Gasteiger partial charge in [-0.25, -0.2) is 0 Å². The molecule has 0 bridgehead atoms. The first-order valence-electron chi connectivity index (χ1n) is 10.3. The van der Waals surface area contributed by atoms with E-state index >= 15 is 0 Å². The summed E-state index contributed by atoms with van der Waals surface area (Å²) in [5.74, 6) is 1.36. The van der Waals surface area contributed by atoms with E-state index in [9.17, 15) is 0 Å². The Morgan fingerprint density at radius 3 is 2.67 bits per heavy atom. The van der Waals surface area contributed by atoms with Crippen molar-refractivity contribution in [1.82, 2.24) is 10.3 Å². The van der Waals surface area contributed by atoms with Crippen LogP contribution in [0.3, 0.4) is 0 Å². The molecular weight excluding hydrogens is 332 g/mol. The van der Waals surface area contributed by atoms with Gasteiger partial charge in [-0.2, -0.15) is 0 Å². The summed E-state index contributed by atoms with van der Waals surface area (Å²) in [5, 5.41) is 3.41. The Morgan fingerprint density at radius 2 is 1.89 bits per heavy atom. The molecule has 0 saturated heterocycles. The van der Waals surface area contributed by atoms with Crippen LogP contribution in [0, 0.1) is 0 Å². The predicted octanol–water partition coefficient (Wildman–Crippen LogP) is 4.06. The van der Waals surface area contributed by atoms with E-state index in [0.717, 1.165) is 50.4 Å². The molecule has 2 heterocycles. The van der Waals surface area contributed by atoms with Gasteiger partial charge in [0.1, 0.15) is 0 Å². The van der Waals surface area contributed by atoms with Gasteiger partial charge >= 0.3 is 0 Å². The summed E-state index contributed by atoms with van der Waals surface area (Å²) < 4.78 is 0. The molecule has 4 heteroatoms. The van der Waals surface area contributed by atoms with Gasteiger partial charge in [-0.1, -0.05) is 49.6 Å². The van der Waals surface area contributed by atoms with Crippen LogP contribution in [0.4, 0.5) is 0 Å². The summed E-state index contributed by atoms with van der Waals surface area (Å²) in [6.07, 6.45) is 10.2. The highest BCUT2D eigenvalue weighted by Crippen LogP contribution is 2.28. The Hall–Kier alpha value is -2.20. The minimum absolute atomic E-state index is 0.250. The fourth-order valence-electron chi connectivity index (χ4n) is 3.72. The maximum Gasteiger partial charge on any atom is 0.0974 e. The molecule has 2 aromatic rings. The molecular formula is C23H32N4. The van der Waals surface area contributed by atoms with Crippen LogP contribution in [0.1, 0.15) is 61.3 Å². The lowest BCUT2D eigenvalue weighted by Crippen LogP contribution is -2.21. The van der Waals surface area contributed by atoms with Crippen molar-refractivity contribution in [1.29, 1.82) is 0 Å². The third-order valence-corrected chi connectivity index (χ3v) is 5.21. The van der Waals surface area contributed by atoms with E-state index in [2.05, 4.69) is 51.7 Å². The Kier molecular flexibility index (Phi) is 7.84. The van der Waals surface area contributed by atoms with E-state index in [4.69, 9.17) is 5.73 Å². The molecule has 1 aliphatic heterocycles. The highest BCUT2D eigenvalue weighted by atomic mass is 15.1. The molecule has 27 heavy (non-hydrogen) atoms. The van der Waals surface area contributed by atoms with Gasteiger partial charge in [0.25, 0.3) is 0 Å². The second-order valence-corrected chi connectivity index (χ2v) is 7.32. The Bertz CT molecular complexity index is 711. The fourth-order valence-corrected chi connectivity index (χ4v) is 3.72. The van der Waals surface area contributed by atoms with Crippen molar-refractivity contribution < 1.29 is 0 Å². The zero-order valence-corrected chi connectivity index (χ0v) is 16.2. The molecule has 3 N–H and O–H groups in total. The molecule has 1 aromatic heterocycles. The number of nitrogens with two attached hydrogens (primary N) is 1. The highest BCUT2D eigenvalue weighted by molar-refractivity contribution is 5.84. The maximum absolute atomic E-state index is 5.57. The Morgan fingerprint density at radius 1 is 1.00 bits per heavy atom. The zero-order valence-electron chi connectivity index (χ0n) is 16.2. The minimum Gasteiger partial charge on any atom is -0.372 e. The molecule has 4 nitrogen and oxygen atoms in total. The second kappa shape index (κ2) is 10.8. The summed E-state index contributed by atoms with van der Waals surface area (Å²) in [5.41, 5.74) is 9.45. The zero-order chi connectivity index (χ0) is 18.7. The van der Waals surface area contributed by atoms with Crippen molar-refractivity contribution in [3.63, 3.8) is 0 Å². The summed E-state index contributed by atoms with van der Waals surface area (Å²) in [4.78, 5) is 9.24. The lowest BCUT2D eigenvalue weighted by molar-refractivity contribution is 0.618. The second-order valence-electron chi connectivity index (χ2n) is 7.32. The molecule has 0 fully saturated rings. The van der Waals surface area contributed by atoms with Crippen LogP contribution in [0.25, 0.3) is 0 Å². The maximum atomic E-state index is 5.57. The summed E-state index contributed by atoms with van der Waals surface area (Å²) >= 11 is 0. The summed E-state index contributed by atoms with van der Waals surface area (Å²) in [6, 6.07) is 15.2.